The molecule has 0 aliphatic carbocycles. The van der Waals surface area contributed by atoms with Crippen LogP contribution in [0.5, 0.6) is 0 Å². The fourth-order valence-corrected chi connectivity index (χ4v) is 2.43. The number of aromatic nitrogens is 1. The molecule has 1 heterocycles. The van der Waals surface area contributed by atoms with Crippen LogP contribution in [0.25, 0.3) is 0 Å². The third-order valence-corrected chi connectivity index (χ3v) is 3.63. The molecule has 0 bridgehead atoms. The van der Waals surface area contributed by atoms with Crippen molar-refractivity contribution in [3.05, 3.63) is 30.1 Å². The molecule has 0 aromatic carbocycles. The summed E-state index contributed by atoms with van der Waals surface area (Å²) in [7, 11) is 0. The van der Waals surface area contributed by atoms with Crippen LogP contribution in [0.1, 0.15) is 18.9 Å². The molecular formula is C13H23N3S. The Morgan fingerprint density at radius 2 is 2.12 bits per heavy atom. The number of thioether (sulfide) groups is 1. The SMILES string of the molecule is CCN(Cc1ccncc1)C(CN)CCSC. The zero-order valence-corrected chi connectivity index (χ0v) is 11.6. The molecule has 1 aromatic heterocycles. The first-order chi connectivity index (χ1) is 8.31. The molecule has 17 heavy (non-hydrogen) atoms. The summed E-state index contributed by atoms with van der Waals surface area (Å²) in [6, 6.07) is 4.64. The molecule has 0 saturated heterocycles. The van der Waals surface area contributed by atoms with E-state index in [2.05, 4.69) is 35.2 Å². The van der Waals surface area contributed by atoms with Gasteiger partial charge in [0.2, 0.25) is 0 Å². The first-order valence-electron chi connectivity index (χ1n) is 6.13. The molecule has 1 unspecified atom stereocenters. The molecule has 0 radical (unpaired) electrons. The Labute approximate surface area is 109 Å². The van der Waals surface area contributed by atoms with Crippen molar-refractivity contribution in [2.75, 3.05) is 25.1 Å². The van der Waals surface area contributed by atoms with E-state index in [1.54, 1.807) is 0 Å². The molecule has 2 N–H and O–H groups in total. The number of hydrogen-bond acceptors (Lipinski definition) is 4. The monoisotopic (exact) mass is 253 g/mol. The highest BCUT2D eigenvalue weighted by Gasteiger charge is 2.15. The Kier molecular flexibility index (Phi) is 7.24. The summed E-state index contributed by atoms with van der Waals surface area (Å²) in [6.07, 6.45) is 7.01. The van der Waals surface area contributed by atoms with E-state index in [0.717, 1.165) is 26.1 Å². The van der Waals surface area contributed by atoms with Crippen molar-refractivity contribution in [2.24, 2.45) is 5.73 Å². The normalized spacial score (nSPS) is 12.9. The lowest BCUT2D eigenvalue weighted by Gasteiger charge is -2.29. The second-order valence-electron chi connectivity index (χ2n) is 4.09. The van der Waals surface area contributed by atoms with E-state index in [9.17, 15) is 0 Å². The number of nitrogens with two attached hydrogens (primary N) is 1. The van der Waals surface area contributed by atoms with Gasteiger partial charge in [-0.05, 0) is 42.7 Å². The van der Waals surface area contributed by atoms with Gasteiger partial charge in [-0.2, -0.15) is 11.8 Å². The number of hydrogen-bond donors (Lipinski definition) is 1. The molecule has 1 atom stereocenters. The maximum absolute atomic E-state index is 5.88. The lowest BCUT2D eigenvalue weighted by molar-refractivity contribution is 0.198. The van der Waals surface area contributed by atoms with Crippen LogP contribution in [0.2, 0.25) is 0 Å². The van der Waals surface area contributed by atoms with Crippen LogP contribution in [-0.2, 0) is 6.54 Å². The van der Waals surface area contributed by atoms with E-state index in [4.69, 9.17) is 5.73 Å². The average molecular weight is 253 g/mol. The largest absolute Gasteiger partial charge is 0.329 e. The summed E-state index contributed by atoms with van der Waals surface area (Å²) >= 11 is 1.89. The molecule has 0 saturated carbocycles. The van der Waals surface area contributed by atoms with E-state index in [1.165, 1.54) is 11.3 Å². The van der Waals surface area contributed by atoms with Gasteiger partial charge in [0.25, 0.3) is 0 Å². The Hall–Kier alpha value is -0.580. The lowest BCUT2D eigenvalue weighted by atomic mass is 10.1. The number of nitrogens with zero attached hydrogens (tertiary/aromatic N) is 2. The van der Waals surface area contributed by atoms with Gasteiger partial charge >= 0.3 is 0 Å². The summed E-state index contributed by atoms with van der Waals surface area (Å²) < 4.78 is 0. The molecule has 0 fully saturated rings. The highest BCUT2D eigenvalue weighted by atomic mass is 32.2. The van der Waals surface area contributed by atoms with Crippen molar-refractivity contribution >= 4 is 11.8 Å². The van der Waals surface area contributed by atoms with E-state index in [-0.39, 0.29) is 0 Å². The van der Waals surface area contributed by atoms with Crippen LogP contribution in [0.3, 0.4) is 0 Å². The molecule has 1 rings (SSSR count). The first-order valence-corrected chi connectivity index (χ1v) is 7.53. The average Bonchev–Trinajstić information content (AvgIpc) is 2.39. The Bertz CT molecular complexity index is 292. The standard InChI is InChI=1S/C13H23N3S/c1-3-16(13(10-14)6-9-17-2)11-12-4-7-15-8-5-12/h4-5,7-8,13H,3,6,9-11,14H2,1-2H3. The van der Waals surface area contributed by atoms with Gasteiger partial charge in [-0.25, -0.2) is 0 Å². The Morgan fingerprint density at radius 3 is 2.65 bits per heavy atom. The fraction of sp³-hybridized carbons (Fsp3) is 0.615. The number of likely N-dealkylation sites (N-methyl/N-ethyl adjacent to an activating group) is 1. The van der Waals surface area contributed by atoms with Crippen LogP contribution >= 0.6 is 11.8 Å². The molecule has 4 heteroatoms. The zero-order chi connectivity index (χ0) is 12.5. The van der Waals surface area contributed by atoms with Gasteiger partial charge in [0, 0.05) is 31.5 Å². The van der Waals surface area contributed by atoms with Crippen LogP contribution < -0.4 is 5.73 Å². The smallest absolute Gasteiger partial charge is 0.0271 e. The van der Waals surface area contributed by atoms with E-state index in [1.807, 2.05) is 24.2 Å². The second-order valence-corrected chi connectivity index (χ2v) is 5.08. The maximum atomic E-state index is 5.88. The van der Waals surface area contributed by atoms with Crippen molar-refractivity contribution in [2.45, 2.75) is 25.9 Å². The van der Waals surface area contributed by atoms with Gasteiger partial charge in [0.1, 0.15) is 0 Å². The third-order valence-electron chi connectivity index (χ3n) is 2.98. The maximum Gasteiger partial charge on any atom is 0.0271 e. The van der Waals surface area contributed by atoms with Crippen molar-refractivity contribution in [1.82, 2.24) is 9.88 Å². The topological polar surface area (TPSA) is 42.2 Å². The molecule has 3 nitrogen and oxygen atoms in total. The highest BCUT2D eigenvalue weighted by molar-refractivity contribution is 7.98. The van der Waals surface area contributed by atoms with Gasteiger partial charge in [-0.15, -0.1) is 0 Å². The summed E-state index contributed by atoms with van der Waals surface area (Å²) in [6.45, 7) is 4.94. The number of pyridine rings is 1. The van der Waals surface area contributed by atoms with Crippen LogP contribution in [0.4, 0.5) is 0 Å². The van der Waals surface area contributed by atoms with Crippen molar-refractivity contribution < 1.29 is 0 Å². The molecule has 0 aliphatic heterocycles. The molecule has 1 aromatic rings. The summed E-state index contributed by atoms with van der Waals surface area (Å²) in [5.74, 6) is 1.18. The third kappa shape index (κ3) is 5.06. The molecule has 0 spiro atoms. The second kappa shape index (κ2) is 8.50. The van der Waals surface area contributed by atoms with Gasteiger partial charge < -0.3 is 5.73 Å². The quantitative estimate of drug-likeness (QED) is 0.769. The minimum absolute atomic E-state index is 0.487. The van der Waals surface area contributed by atoms with E-state index < -0.39 is 0 Å². The summed E-state index contributed by atoms with van der Waals surface area (Å²) in [5.41, 5.74) is 7.19. The molecule has 0 amide bonds. The number of rotatable bonds is 8. The van der Waals surface area contributed by atoms with Gasteiger partial charge in [-0.1, -0.05) is 6.92 Å². The van der Waals surface area contributed by atoms with Crippen molar-refractivity contribution in [3.63, 3.8) is 0 Å². The first kappa shape index (κ1) is 14.5. The Morgan fingerprint density at radius 1 is 1.41 bits per heavy atom. The predicted molar refractivity (Wildman–Crippen MR) is 76.2 cm³/mol. The van der Waals surface area contributed by atoms with Crippen molar-refractivity contribution in [3.8, 4) is 0 Å². The molecule has 0 aliphatic rings. The lowest BCUT2D eigenvalue weighted by Crippen LogP contribution is -2.40. The highest BCUT2D eigenvalue weighted by Crippen LogP contribution is 2.11. The molecule has 96 valence electrons. The summed E-state index contributed by atoms with van der Waals surface area (Å²) in [4.78, 5) is 6.50. The fourth-order valence-electron chi connectivity index (χ4n) is 1.93. The minimum Gasteiger partial charge on any atom is -0.329 e. The van der Waals surface area contributed by atoms with Crippen LogP contribution in [0, 0.1) is 0 Å². The van der Waals surface area contributed by atoms with Gasteiger partial charge in [0.15, 0.2) is 0 Å². The van der Waals surface area contributed by atoms with Crippen molar-refractivity contribution in [1.29, 1.82) is 0 Å². The zero-order valence-electron chi connectivity index (χ0n) is 10.8. The predicted octanol–water partition coefficient (Wildman–Crippen LogP) is 1.98. The van der Waals surface area contributed by atoms with E-state index in [0.29, 0.717) is 6.04 Å². The summed E-state index contributed by atoms with van der Waals surface area (Å²) in [5, 5.41) is 0. The van der Waals surface area contributed by atoms with Crippen LogP contribution in [-0.4, -0.2) is 41.0 Å². The molecular weight excluding hydrogens is 230 g/mol. The van der Waals surface area contributed by atoms with E-state index >= 15 is 0 Å². The van der Waals surface area contributed by atoms with Gasteiger partial charge in [0.05, 0.1) is 0 Å². The van der Waals surface area contributed by atoms with Crippen LogP contribution in [0.15, 0.2) is 24.5 Å². The minimum atomic E-state index is 0.487. The Balaban J connectivity index is 2.56. The van der Waals surface area contributed by atoms with Gasteiger partial charge in [-0.3, -0.25) is 9.88 Å².